The third-order valence-electron chi connectivity index (χ3n) is 15.5. The summed E-state index contributed by atoms with van der Waals surface area (Å²) in [5, 5.41) is 2.69. The van der Waals surface area contributed by atoms with Crippen molar-refractivity contribution in [1.82, 2.24) is 0 Å². The molecule has 0 radical (unpaired) electrons. The molecule has 4 aliphatic rings. The molecule has 9 aromatic carbocycles. The number of benzene rings is 9. The van der Waals surface area contributed by atoms with Crippen molar-refractivity contribution in [3.63, 3.8) is 0 Å². The van der Waals surface area contributed by atoms with E-state index in [1.54, 1.807) is 0 Å². The molecule has 0 amide bonds. The van der Waals surface area contributed by atoms with Gasteiger partial charge < -0.3 is 4.90 Å². The van der Waals surface area contributed by atoms with Crippen molar-refractivity contribution in [2.45, 2.75) is 62.7 Å². The van der Waals surface area contributed by atoms with Crippen molar-refractivity contribution < 1.29 is 0 Å². The van der Waals surface area contributed by atoms with Gasteiger partial charge in [-0.15, -0.1) is 0 Å². The van der Waals surface area contributed by atoms with Crippen LogP contribution in [0.25, 0.3) is 55.3 Å². The minimum atomic E-state index is -0.499. The summed E-state index contributed by atoms with van der Waals surface area (Å²) < 4.78 is 0. The quantitative estimate of drug-likeness (QED) is 0.167. The fourth-order valence-corrected chi connectivity index (χ4v) is 12.5. The standard InChI is InChI=1S/C62H49N/c1-61(2)54-24-11-9-21-48(54)50-34-32-46(38-58(50)61)63(45-30-27-42(28-31-45)40-15-5-3-6-16-40)47-33-35-51-49-22-10-12-25-55(49)62(59(51)39-47)56-36-29-44(41-17-7-4-8-18-41)37-53(56)52-23-13-19-43-20-14-26-57(62)60(43)52/h3,5-6,9-16,19-39,41H,4,7-8,17-18H2,1-2H3. The molecule has 1 unspecified atom stereocenters. The Morgan fingerprint density at radius 3 is 1.70 bits per heavy atom. The predicted octanol–water partition coefficient (Wildman–Crippen LogP) is 16.7. The van der Waals surface area contributed by atoms with Crippen molar-refractivity contribution >= 4 is 27.8 Å². The van der Waals surface area contributed by atoms with Crippen molar-refractivity contribution in [2.75, 3.05) is 4.90 Å². The highest BCUT2D eigenvalue weighted by molar-refractivity contribution is 6.07. The monoisotopic (exact) mass is 807 g/mol. The Balaban J connectivity index is 1.06. The molecular formula is C62H49N. The lowest BCUT2D eigenvalue weighted by atomic mass is 9.61. The molecule has 1 saturated carbocycles. The molecule has 0 saturated heterocycles. The smallest absolute Gasteiger partial charge is 0.0726 e. The molecule has 1 heteroatoms. The minimum absolute atomic E-state index is 0.122. The van der Waals surface area contributed by atoms with Crippen molar-refractivity contribution in [2.24, 2.45) is 0 Å². The summed E-state index contributed by atoms with van der Waals surface area (Å²) in [5.74, 6) is 0.623. The van der Waals surface area contributed by atoms with E-state index in [4.69, 9.17) is 0 Å². The number of hydrogen-bond acceptors (Lipinski definition) is 1. The van der Waals surface area contributed by atoms with Crippen LogP contribution in [0.3, 0.4) is 0 Å². The van der Waals surface area contributed by atoms with Gasteiger partial charge in [0, 0.05) is 22.5 Å². The number of anilines is 3. The first-order valence-electron chi connectivity index (χ1n) is 23.1. The Morgan fingerprint density at radius 1 is 0.381 bits per heavy atom. The third-order valence-corrected chi connectivity index (χ3v) is 15.5. The molecule has 0 N–H and O–H groups in total. The molecule has 63 heavy (non-hydrogen) atoms. The SMILES string of the molecule is CC1(C)c2ccccc2-c2ccc(N(c3ccc(-c4ccccc4)cc3)c3ccc4c(c3)C3(c5ccccc5-4)c4ccc(C5CCCCC5)cc4-c4cccc5cccc3c45)cc21. The maximum Gasteiger partial charge on any atom is 0.0726 e. The molecule has 13 rings (SSSR count). The highest BCUT2D eigenvalue weighted by Gasteiger charge is 2.50. The number of hydrogen-bond donors (Lipinski definition) is 0. The van der Waals surface area contributed by atoms with Crippen LogP contribution in [-0.2, 0) is 10.8 Å². The molecule has 4 aliphatic carbocycles. The largest absolute Gasteiger partial charge is 0.310 e. The Morgan fingerprint density at radius 2 is 0.937 bits per heavy atom. The van der Waals surface area contributed by atoms with E-state index < -0.39 is 5.41 Å². The van der Waals surface area contributed by atoms with E-state index in [9.17, 15) is 0 Å². The maximum absolute atomic E-state index is 2.60. The van der Waals surface area contributed by atoms with E-state index in [-0.39, 0.29) is 5.41 Å². The zero-order valence-electron chi connectivity index (χ0n) is 36.0. The zero-order chi connectivity index (χ0) is 41.9. The second-order valence-electron chi connectivity index (χ2n) is 19.0. The average molecular weight is 808 g/mol. The molecule has 302 valence electrons. The van der Waals surface area contributed by atoms with Gasteiger partial charge in [0.25, 0.3) is 0 Å². The van der Waals surface area contributed by atoms with E-state index >= 15 is 0 Å². The van der Waals surface area contributed by atoms with Crippen LogP contribution in [0.4, 0.5) is 17.1 Å². The first kappa shape index (κ1) is 36.7. The lowest BCUT2D eigenvalue weighted by Crippen LogP contribution is -2.32. The summed E-state index contributed by atoms with van der Waals surface area (Å²) in [6.45, 7) is 4.77. The fraction of sp³-hybridized carbons (Fsp3) is 0.161. The van der Waals surface area contributed by atoms with Crippen LogP contribution < -0.4 is 4.90 Å². The van der Waals surface area contributed by atoms with Gasteiger partial charge in [0.2, 0.25) is 0 Å². The van der Waals surface area contributed by atoms with Gasteiger partial charge in [0.15, 0.2) is 0 Å². The number of nitrogens with zero attached hydrogens (tertiary/aromatic N) is 1. The molecule has 1 nitrogen and oxygen atoms in total. The minimum Gasteiger partial charge on any atom is -0.310 e. The van der Waals surface area contributed by atoms with Gasteiger partial charge in [0.1, 0.15) is 0 Å². The molecular weight excluding hydrogens is 759 g/mol. The topological polar surface area (TPSA) is 3.24 Å². The van der Waals surface area contributed by atoms with E-state index in [0.29, 0.717) is 5.92 Å². The summed E-state index contributed by atoms with van der Waals surface area (Å²) in [5.41, 5.74) is 23.1. The molecule has 0 aliphatic heterocycles. The first-order valence-corrected chi connectivity index (χ1v) is 23.1. The van der Waals surface area contributed by atoms with Crippen LogP contribution >= 0.6 is 0 Å². The van der Waals surface area contributed by atoms with Crippen LogP contribution in [-0.4, -0.2) is 0 Å². The van der Waals surface area contributed by atoms with Gasteiger partial charge in [-0.05, 0) is 149 Å². The molecule has 1 fully saturated rings. The summed E-state index contributed by atoms with van der Waals surface area (Å²) in [7, 11) is 0. The van der Waals surface area contributed by atoms with Crippen molar-refractivity contribution in [1.29, 1.82) is 0 Å². The highest BCUT2D eigenvalue weighted by atomic mass is 15.1. The lowest BCUT2D eigenvalue weighted by molar-refractivity contribution is 0.443. The van der Waals surface area contributed by atoms with Crippen LogP contribution in [0.5, 0.6) is 0 Å². The van der Waals surface area contributed by atoms with E-state index in [1.165, 1.54) is 132 Å². The molecule has 1 spiro atoms. The summed E-state index contributed by atoms with van der Waals surface area (Å²) in [6, 6.07) is 74.3. The molecule has 0 bridgehead atoms. The van der Waals surface area contributed by atoms with E-state index in [1.807, 2.05) is 0 Å². The van der Waals surface area contributed by atoms with Crippen LogP contribution in [0.15, 0.2) is 194 Å². The molecule has 9 aromatic rings. The van der Waals surface area contributed by atoms with Crippen LogP contribution in [0.1, 0.15) is 90.8 Å². The second-order valence-corrected chi connectivity index (χ2v) is 19.0. The Labute approximate surface area is 371 Å². The van der Waals surface area contributed by atoms with Crippen LogP contribution in [0, 0.1) is 0 Å². The fourth-order valence-electron chi connectivity index (χ4n) is 12.5. The molecule has 1 atom stereocenters. The van der Waals surface area contributed by atoms with E-state index in [2.05, 4.69) is 213 Å². The first-order chi connectivity index (χ1) is 31.0. The second kappa shape index (κ2) is 13.8. The third kappa shape index (κ3) is 5.23. The highest BCUT2D eigenvalue weighted by Crippen LogP contribution is 2.63. The number of fused-ring (bicyclic) bond motifs is 12. The van der Waals surface area contributed by atoms with Gasteiger partial charge in [-0.25, -0.2) is 0 Å². The molecule has 0 aromatic heterocycles. The molecule has 0 heterocycles. The Bertz CT molecular complexity index is 3290. The number of rotatable bonds is 5. The van der Waals surface area contributed by atoms with Crippen molar-refractivity contribution in [3.05, 3.63) is 233 Å². The average Bonchev–Trinajstić information content (AvgIpc) is 3.76. The van der Waals surface area contributed by atoms with Gasteiger partial charge in [-0.3, -0.25) is 0 Å². The summed E-state index contributed by atoms with van der Waals surface area (Å²) in [6.07, 6.45) is 6.58. The van der Waals surface area contributed by atoms with Gasteiger partial charge >= 0.3 is 0 Å². The van der Waals surface area contributed by atoms with Gasteiger partial charge in [-0.1, -0.05) is 191 Å². The van der Waals surface area contributed by atoms with Gasteiger partial charge in [0.05, 0.1) is 5.41 Å². The zero-order valence-corrected chi connectivity index (χ0v) is 36.0. The van der Waals surface area contributed by atoms with Crippen LogP contribution in [0.2, 0.25) is 0 Å². The summed E-state index contributed by atoms with van der Waals surface area (Å²) >= 11 is 0. The van der Waals surface area contributed by atoms with Crippen molar-refractivity contribution in [3.8, 4) is 44.5 Å². The normalized spacial score (nSPS) is 17.5. The Hall–Kier alpha value is -6.96. The predicted molar refractivity (Wildman–Crippen MR) is 264 cm³/mol. The maximum atomic E-state index is 2.60. The van der Waals surface area contributed by atoms with Gasteiger partial charge in [-0.2, -0.15) is 0 Å². The Kier molecular flexibility index (Phi) is 8.02. The summed E-state index contributed by atoms with van der Waals surface area (Å²) in [4.78, 5) is 2.51. The lowest BCUT2D eigenvalue weighted by Gasteiger charge is -2.41. The van der Waals surface area contributed by atoms with E-state index in [0.717, 1.165) is 11.4 Å².